The van der Waals surface area contributed by atoms with Crippen LogP contribution in [0.15, 0.2) is 164 Å². The molecule has 7 heteroatoms. The van der Waals surface area contributed by atoms with E-state index in [1.165, 1.54) is 22.3 Å². The zero-order valence-corrected chi connectivity index (χ0v) is 33.7. The Labute approximate surface area is 349 Å². The molecule has 286 valence electrons. The predicted octanol–water partition coefficient (Wildman–Crippen LogP) is 12.5. The van der Waals surface area contributed by atoms with E-state index in [4.69, 9.17) is 29.9 Å². The SMILES string of the molecule is Cc1ccc(-c2nc(-c3ccccc3)nc(-c3cccc(-c4ccc(C#N)c(-c5cccc(-c6nc(-c7ccccc7)nc(-c7ccc(C)c(C)c7)n6)c5)c4)c3)n2)cc1C. The number of aromatic nitrogens is 6. The second kappa shape index (κ2) is 16.1. The van der Waals surface area contributed by atoms with E-state index in [1.807, 2.05) is 103 Å². The van der Waals surface area contributed by atoms with Crippen molar-refractivity contribution in [1.82, 2.24) is 29.9 Å². The summed E-state index contributed by atoms with van der Waals surface area (Å²) >= 11 is 0. The summed E-state index contributed by atoms with van der Waals surface area (Å²) in [6.07, 6.45) is 0. The molecule has 0 fully saturated rings. The molecule has 0 amide bonds. The van der Waals surface area contributed by atoms with Gasteiger partial charge in [0.15, 0.2) is 34.9 Å². The molecule has 0 spiro atoms. The number of rotatable bonds is 8. The summed E-state index contributed by atoms with van der Waals surface area (Å²) in [4.78, 5) is 29.8. The summed E-state index contributed by atoms with van der Waals surface area (Å²) in [5.41, 5.74) is 14.3. The van der Waals surface area contributed by atoms with Gasteiger partial charge in [0.2, 0.25) is 0 Å². The van der Waals surface area contributed by atoms with Crippen LogP contribution in [0, 0.1) is 39.0 Å². The molecule has 0 unspecified atom stereocenters. The maximum atomic E-state index is 10.4. The first kappa shape index (κ1) is 37.6. The van der Waals surface area contributed by atoms with Crippen molar-refractivity contribution in [2.45, 2.75) is 27.7 Å². The van der Waals surface area contributed by atoms with Gasteiger partial charge in [-0.3, -0.25) is 0 Å². The van der Waals surface area contributed by atoms with Gasteiger partial charge >= 0.3 is 0 Å². The van der Waals surface area contributed by atoms with Crippen molar-refractivity contribution in [2.24, 2.45) is 0 Å². The standard InChI is InChI=1S/C53H39N7/c1-33-21-23-44(27-35(33)3)52-57-48(37-13-7-5-8-14-37)55-50(59-52)42-19-11-17-39(29-42)40-25-26-46(32-54)47(31-40)41-18-12-20-43(30-41)51-56-49(38-15-9-6-10-16-38)58-53(60-51)45-24-22-34(2)36(4)28-45/h5-31H,1-4H3. The third-order valence-corrected chi connectivity index (χ3v) is 10.9. The van der Waals surface area contributed by atoms with Crippen molar-refractivity contribution in [3.8, 4) is 96.7 Å². The first-order valence-corrected chi connectivity index (χ1v) is 19.8. The van der Waals surface area contributed by atoms with Gasteiger partial charge in [-0.25, -0.2) is 29.9 Å². The van der Waals surface area contributed by atoms with E-state index in [1.54, 1.807) is 0 Å². The van der Waals surface area contributed by atoms with Crippen LogP contribution >= 0.6 is 0 Å². The van der Waals surface area contributed by atoms with Crippen LogP contribution in [-0.4, -0.2) is 29.9 Å². The average Bonchev–Trinajstić information content (AvgIpc) is 3.31. The van der Waals surface area contributed by atoms with Gasteiger partial charge in [0, 0.05) is 38.9 Å². The minimum Gasteiger partial charge on any atom is -0.208 e. The summed E-state index contributed by atoms with van der Waals surface area (Å²) < 4.78 is 0. The lowest BCUT2D eigenvalue weighted by Crippen LogP contribution is -2.01. The molecule has 0 radical (unpaired) electrons. The van der Waals surface area contributed by atoms with Crippen LogP contribution in [-0.2, 0) is 0 Å². The first-order chi connectivity index (χ1) is 29.3. The normalized spacial score (nSPS) is 11.0. The van der Waals surface area contributed by atoms with Gasteiger partial charge in [-0.05, 0) is 103 Å². The summed E-state index contributed by atoms with van der Waals surface area (Å²) in [5.74, 6) is 3.54. The molecular formula is C53H39N7. The van der Waals surface area contributed by atoms with E-state index in [2.05, 4.69) is 94.4 Å². The molecule has 0 bridgehead atoms. The number of nitrogens with zero attached hydrogens (tertiary/aromatic N) is 7. The minimum absolute atomic E-state index is 0.550. The highest BCUT2D eigenvalue weighted by Crippen LogP contribution is 2.35. The van der Waals surface area contributed by atoms with Crippen LogP contribution in [0.5, 0.6) is 0 Å². The number of hydrogen-bond acceptors (Lipinski definition) is 7. The molecule has 0 saturated carbocycles. The molecule has 0 aliphatic carbocycles. The Kier molecular flexibility index (Phi) is 10.1. The Bertz CT molecular complexity index is 3100. The highest BCUT2D eigenvalue weighted by molar-refractivity contribution is 5.81. The van der Waals surface area contributed by atoms with Crippen molar-refractivity contribution in [1.29, 1.82) is 5.26 Å². The van der Waals surface area contributed by atoms with Crippen LogP contribution in [0.1, 0.15) is 27.8 Å². The fourth-order valence-electron chi connectivity index (χ4n) is 7.19. The minimum atomic E-state index is 0.550. The lowest BCUT2D eigenvalue weighted by Gasteiger charge is -2.12. The molecule has 0 aliphatic rings. The Morgan fingerprint density at radius 2 is 0.650 bits per heavy atom. The first-order valence-electron chi connectivity index (χ1n) is 19.8. The van der Waals surface area contributed by atoms with Gasteiger partial charge in [0.25, 0.3) is 0 Å². The van der Waals surface area contributed by atoms with Gasteiger partial charge in [0.05, 0.1) is 11.6 Å². The Morgan fingerprint density at radius 3 is 1.10 bits per heavy atom. The molecule has 0 N–H and O–H groups in total. The summed E-state index contributed by atoms with van der Waals surface area (Å²) in [6, 6.07) is 57.1. The van der Waals surface area contributed by atoms with Crippen molar-refractivity contribution in [2.75, 3.05) is 0 Å². The molecule has 7 nitrogen and oxygen atoms in total. The smallest absolute Gasteiger partial charge is 0.164 e. The van der Waals surface area contributed by atoms with E-state index in [0.717, 1.165) is 55.6 Å². The topological polar surface area (TPSA) is 101 Å². The molecule has 9 rings (SSSR count). The van der Waals surface area contributed by atoms with E-state index in [0.29, 0.717) is 40.5 Å². The molecule has 2 heterocycles. The van der Waals surface area contributed by atoms with E-state index >= 15 is 0 Å². The molecule has 0 aliphatic heterocycles. The van der Waals surface area contributed by atoms with Crippen LogP contribution in [0.4, 0.5) is 0 Å². The van der Waals surface area contributed by atoms with Crippen molar-refractivity contribution >= 4 is 0 Å². The highest BCUT2D eigenvalue weighted by Gasteiger charge is 2.17. The molecule has 60 heavy (non-hydrogen) atoms. The Balaban J connectivity index is 1.12. The molecule has 9 aromatic rings. The third kappa shape index (κ3) is 7.70. The lowest BCUT2D eigenvalue weighted by molar-refractivity contribution is 1.07. The maximum absolute atomic E-state index is 10.4. The monoisotopic (exact) mass is 773 g/mol. The number of nitriles is 1. The number of hydrogen-bond donors (Lipinski definition) is 0. The van der Waals surface area contributed by atoms with Crippen LogP contribution < -0.4 is 0 Å². The number of benzene rings is 7. The van der Waals surface area contributed by atoms with E-state index < -0.39 is 0 Å². The van der Waals surface area contributed by atoms with Crippen LogP contribution in [0.3, 0.4) is 0 Å². The molecule has 2 aromatic heterocycles. The summed E-state index contributed by atoms with van der Waals surface area (Å²) in [5, 5.41) is 10.4. The Morgan fingerprint density at radius 1 is 0.300 bits per heavy atom. The largest absolute Gasteiger partial charge is 0.208 e. The van der Waals surface area contributed by atoms with E-state index in [-0.39, 0.29) is 0 Å². The van der Waals surface area contributed by atoms with Crippen LogP contribution in [0.25, 0.3) is 90.6 Å². The molecule has 0 atom stereocenters. The number of aryl methyl sites for hydroxylation is 4. The zero-order valence-electron chi connectivity index (χ0n) is 33.7. The average molecular weight is 774 g/mol. The second-order valence-corrected chi connectivity index (χ2v) is 15.0. The lowest BCUT2D eigenvalue weighted by atomic mass is 9.93. The van der Waals surface area contributed by atoms with Crippen molar-refractivity contribution in [3.05, 3.63) is 192 Å². The highest BCUT2D eigenvalue weighted by atomic mass is 15.0. The summed E-state index contributed by atoms with van der Waals surface area (Å²) in [7, 11) is 0. The van der Waals surface area contributed by atoms with Crippen molar-refractivity contribution < 1.29 is 0 Å². The summed E-state index contributed by atoms with van der Waals surface area (Å²) in [6.45, 7) is 8.39. The zero-order chi connectivity index (χ0) is 41.2. The van der Waals surface area contributed by atoms with Crippen LogP contribution in [0.2, 0.25) is 0 Å². The third-order valence-electron chi connectivity index (χ3n) is 10.9. The van der Waals surface area contributed by atoms with Gasteiger partial charge in [-0.2, -0.15) is 5.26 Å². The van der Waals surface area contributed by atoms with Gasteiger partial charge in [-0.1, -0.05) is 127 Å². The van der Waals surface area contributed by atoms with Gasteiger partial charge in [0.1, 0.15) is 0 Å². The molecular weight excluding hydrogens is 735 g/mol. The van der Waals surface area contributed by atoms with Gasteiger partial charge in [-0.15, -0.1) is 0 Å². The van der Waals surface area contributed by atoms with Gasteiger partial charge < -0.3 is 0 Å². The van der Waals surface area contributed by atoms with Crippen molar-refractivity contribution in [3.63, 3.8) is 0 Å². The fraction of sp³-hybridized carbons (Fsp3) is 0.0755. The fourth-order valence-corrected chi connectivity index (χ4v) is 7.19. The molecule has 7 aromatic carbocycles. The Hall–Kier alpha value is -7.95. The maximum Gasteiger partial charge on any atom is 0.164 e. The second-order valence-electron chi connectivity index (χ2n) is 15.0. The van der Waals surface area contributed by atoms with E-state index in [9.17, 15) is 5.26 Å². The molecule has 0 saturated heterocycles. The predicted molar refractivity (Wildman–Crippen MR) is 240 cm³/mol. The quantitative estimate of drug-likeness (QED) is 0.151.